The first-order chi connectivity index (χ1) is 6.81. The van der Waals surface area contributed by atoms with Gasteiger partial charge in [-0.2, -0.15) is 9.94 Å². The topological polar surface area (TPSA) is 80.5 Å². The summed E-state index contributed by atoms with van der Waals surface area (Å²) in [5.74, 6) is 0.467. The number of hydrogen-bond donors (Lipinski definition) is 1. The Bertz CT molecular complexity index is 477. The van der Waals surface area contributed by atoms with Gasteiger partial charge in [0.05, 0.1) is 23.5 Å². The largest absolute Gasteiger partial charge is 0.382 e. The van der Waals surface area contributed by atoms with Gasteiger partial charge in [-0.1, -0.05) is 5.21 Å². The van der Waals surface area contributed by atoms with Gasteiger partial charge in [0.1, 0.15) is 5.82 Å². The molecule has 5 heteroatoms. The molecule has 14 heavy (non-hydrogen) atoms. The highest BCUT2D eigenvalue weighted by atomic mass is 15.4. The average Bonchev–Trinajstić information content (AvgIpc) is 2.65. The quantitative estimate of drug-likeness (QED) is 0.709. The lowest BCUT2D eigenvalue weighted by Gasteiger charge is -2.01. The average molecular weight is 185 g/mol. The molecule has 0 spiro atoms. The Balaban J connectivity index is 2.45. The molecule has 0 bridgehead atoms. The molecule has 0 aliphatic rings. The molecular weight excluding hydrogens is 178 g/mol. The molecule has 0 fully saturated rings. The zero-order chi connectivity index (χ0) is 9.97. The normalized spacial score (nSPS) is 9.64. The van der Waals surface area contributed by atoms with E-state index in [1.54, 1.807) is 24.3 Å². The van der Waals surface area contributed by atoms with E-state index in [1.165, 1.54) is 10.9 Å². The predicted molar refractivity (Wildman–Crippen MR) is 50.5 cm³/mol. The Morgan fingerprint density at radius 3 is 2.50 bits per heavy atom. The van der Waals surface area contributed by atoms with E-state index in [9.17, 15) is 0 Å². The van der Waals surface area contributed by atoms with Gasteiger partial charge in [-0.15, -0.1) is 5.10 Å². The smallest absolute Gasteiger partial charge is 0.147 e. The maximum atomic E-state index is 8.60. The van der Waals surface area contributed by atoms with Gasteiger partial charge in [-0.25, -0.2) is 0 Å². The molecule has 2 aromatic rings. The molecule has 2 rings (SSSR count). The molecule has 0 atom stereocenters. The lowest BCUT2D eigenvalue weighted by atomic mass is 10.2. The standard InChI is InChI=1S/C9H7N5/c10-5-7-1-3-8(4-2-7)14-9(11)6-12-13-14/h1-4,6H,11H2. The summed E-state index contributed by atoms with van der Waals surface area (Å²) in [5, 5.41) is 16.1. The molecule has 0 saturated heterocycles. The second-order valence-corrected chi connectivity index (χ2v) is 2.73. The SMILES string of the molecule is N#Cc1ccc(-n2nncc2N)cc1. The van der Waals surface area contributed by atoms with Crippen molar-refractivity contribution in [1.82, 2.24) is 15.0 Å². The van der Waals surface area contributed by atoms with Crippen molar-refractivity contribution < 1.29 is 0 Å². The monoisotopic (exact) mass is 185 g/mol. The van der Waals surface area contributed by atoms with Crippen molar-refractivity contribution in [2.24, 2.45) is 0 Å². The molecule has 5 nitrogen and oxygen atoms in total. The second kappa shape index (κ2) is 3.18. The fourth-order valence-electron chi connectivity index (χ4n) is 1.12. The van der Waals surface area contributed by atoms with Crippen molar-refractivity contribution in [3.8, 4) is 11.8 Å². The van der Waals surface area contributed by atoms with Crippen LogP contribution in [0.5, 0.6) is 0 Å². The lowest BCUT2D eigenvalue weighted by Crippen LogP contribution is -2.01. The van der Waals surface area contributed by atoms with E-state index < -0.39 is 0 Å². The number of benzene rings is 1. The third-order valence-corrected chi connectivity index (χ3v) is 1.82. The summed E-state index contributed by atoms with van der Waals surface area (Å²) >= 11 is 0. The van der Waals surface area contributed by atoms with Gasteiger partial charge < -0.3 is 5.73 Å². The molecule has 0 radical (unpaired) electrons. The molecule has 1 heterocycles. The van der Waals surface area contributed by atoms with E-state index in [4.69, 9.17) is 11.0 Å². The fraction of sp³-hybridized carbons (Fsp3) is 0. The van der Waals surface area contributed by atoms with Gasteiger partial charge in [0, 0.05) is 0 Å². The number of nitrogen functional groups attached to an aromatic ring is 1. The van der Waals surface area contributed by atoms with E-state index in [0.717, 1.165) is 5.69 Å². The van der Waals surface area contributed by atoms with Crippen LogP contribution in [-0.4, -0.2) is 15.0 Å². The molecule has 68 valence electrons. The van der Waals surface area contributed by atoms with Crippen molar-refractivity contribution in [2.75, 3.05) is 5.73 Å². The van der Waals surface area contributed by atoms with Gasteiger partial charge in [0.2, 0.25) is 0 Å². The van der Waals surface area contributed by atoms with E-state index in [2.05, 4.69) is 10.3 Å². The van der Waals surface area contributed by atoms with E-state index in [-0.39, 0.29) is 0 Å². The Labute approximate surface area is 80.4 Å². The first-order valence-electron chi connectivity index (χ1n) is 3.98. The van der Waals surface area contributed by atoms with Gasteiger partial charge in [-0.05, 0) is 24.3 Å². The summed E-state index contributed by atoms with van der Waals surface area (Å²) in [5.41, 5.74) is 7.01. The van der Waals surface area contributed by atoms with Crippen LogP contribution in [0.3, 0.4) is 0 Å². The molecule has 1 aromatic carbocycles. The summed E-state index contributed by atoms with van der Waals surface area (Å²) in [6, 6.07) is 8.98. The first kappa shape index (κ1) is 8.26. The van der Waals surface area contributed by atoms with Gasteiger partial charge in [0.15, 0.2) is 0 Å². The number of rotatable bonds is 1. The van der Waals surface area contributed by atoms with E-state index >= 15 is 0 Å². The van der Waals surface area contributed by atoms with Crippen LogP contribution in [0.4, 0.5) is 5.82 Å². The maximum Gasteiger partial charge on any atom is 0.147 e. The number of nitrogens with zero attached hydrogens (tertiary/aromatic N) is 4. The van der Waals surface area contributed by atoms with Crippen molar-refractivity contribution >= 4 is 5.82 Å². The Hall–Kier alpha value is -2.35. The zero-order valence-corrected chi connectivity index (χ0v) is 7.25. The molecule has 0 aliphatic carbocycles. The van der Waals surface area contributed by atoms with Gasteiger partial charge >= 0.3 is 0 Å². The van der Waals surface area contributed by atoms with Gasteiger partial charge in [0.25, 0.3) is 0 Å². The van der Waals surface area contributed by atoms with Crippen molar-refractivity contribution in [3.05, 3.63) is 36.0 Å². The number of aromatic nitrogens is 3. The van der Waals surface area contributed by atoms with Crippen LogP contribution in [-0.2, 0) is 0 Å². The summed E-state index contributed by atoms with van der Waals surface area (Å²) < 4.78 is 1.50. The zero-order valence-electron chi connectivity index (χ0n) is 7.25. The highest BCUT2D eigenvalue weighted by molar-refractivity contribution is 5.43. The van der Waals surface area contributed by atoms with Crippen LogP contribution in [0.2, 0.25) is 0 Å². The van der Waals surface area contributed by atoms with Crippen molar-refractivity contribution in [1.29, 1.82) is 5.26 Å². The highest BCUT2D eigenvalue weighted by Crippen LogP contribution is 2.11. The molecular formula is C9H7N5. The molecule has 0 unspecified atom stereocenters. The number of anilines is 1. The molecule has 0 amide bonds. The van der Waals surface area contributed by atoms with Crippen molar-refractivity contribution in [2.45, 2.75) is 0 Å². The lowest BCUT2D eigenvalue weighted by molar-refractivity contribution is 0.809. The minimum atomic E-state index is 0.467. The minimum Gasteiger partial charge on any atom is -0.382 e. The minimum absolute atomic E-state index is 0.467. The summed E-state index contributed by atoms with van der Waals surface area (Å²) in [7, 11) is 0. The molecule has 0 aliphatic heterocycles. The summed E-state index contributed by atoms with van der Waals surface area (Å²) in [6.07, 6.45) is 1.47. The van der Waals surface area contributed by atoms with Crippen LogP contribution in [0.1, 0.15) is 5.56 Å². The van der Waals surface area contributed by atoms with Crippen molar-refractivity contribution in [3.63, 3.8) is 0 Å². The van der Waals surface area contributed by atoms with Gasteiger partial charge in [-0.3, -0.25) is 0 Å². The molecule has 2 N–H and O–H groups in total. The van der Waals surface area contributed by atoms with Crippen LogP contribution in [0.25, 0.3) is 5.69 Å². The summed E-state index contributed by atoms with van der Waals surface area (Å²) in [6.45, 7) is 0. The first-order valence-corrected chi connectivity index (χ1v) is 3.98. The van der Waals surface area contributed by atoms with Crippen LogP contribution < -0.4 is 5.73 Å². The Kier molecular flexibility index (Phi) is 1.88. The van der Waals surface area contributed by atoms with E-state index in [0.29, 0.717) is 11.4 Å². The van der Waals surface area contributed by atoms with Crippen LogP contribution in [0.15, 0.2) is 30.5 Å². The summed E-state index contributed by atoms with van der Waals surface area (Å²) in [4.78, 5) is 0. The predicted octanol–water partition coefficient (Wildman–Crippen LogP) is 0.721. The van der Waals surface area contributed by atoms with E-state index in [1.807, 2.05) is 6.07 Å². The van der Waals surface area contributed by atoms with Crippen LogP contribution in [0, 0.1) is 11.3 Å². The highest BCUT2D eigenvalue weighted by Gasteiger charge is 2.01. The third kappa shape index (κ3) is 1.29. The number of nitriles is 1. The Morgan fingerprint density at radius 1 is 1.29 bits per heavy atom. The molecule has 0 saturated carbocycles. The number of nitrogens with two attached hydrogens (primary N) is 1. The van der Waals surface area contributed by atoms with Crippen LogP contribution >= 0.6 is 0 Å². The third-order valence-electron chi connectivity index (χ3n) is 1.82. The molecule has 1 aromatic heterocycles. The maximum absolute atomic E-state index is 8.60. The number of hydrogen-bond acceptors (Lipinski definition) is 4. The Morgan fingerprint density at radius 2 is 2.00 bits per heavy atom. The fourth-order valence-corrected chi connectivity index (χ4v) is 1.12. The second-order valence-electron chi connectivity index (χ2n) is 2.73.